The van der Waals surface area contributed by atoms with E-state index in [4.69, 9.17) is 0 Å². The highest BCUT2D eigenvalue weighted by Gasteiger charge is 2.25. The molecule has 0 spiro atoms. The summed E-state index contributed by atoms with van der Waals surface area (Å²) in [6.45, 7) is 5.11. The third-order valence-electron chi connectivity index (χ3n) is 4.66. The molecule has 1 N–H and O–H groups in total. The predicted octanol–water partition coefficient (Wildman–Crippen LogP) is 5.28. The van der Waals surface area contributed by atoms with E-state index in [2.05, 4.69) is 30.7 Å². The first-order chi connectivity index (χ1) is 10.7. The molecule has 1 aliphatic rings. The largest absolute Gasteiger partial charge is 0.507 e. The highest BCUT2D eigenvalue weighted by molar-refractivity contribution is 5.85. The molecule has 1 unspecified atom stereocenters. The lowest BCUT2D eigenvalue weighted by Crippen LogP contribution is -2.30. The molecular weight excluding hydrogens is 306 g/mol. The highest BCUT2D eigenvalue weighted by atomic mass is 35.5. The van der Waals surface area contributed by atoms with Crippen LogP contribution in [0, 0.1) is 0 Å². The van der Waals surface area contributed by atoms with Gasteiger partial charge in [0.05, 0.1) is 0 Å². The van der Waals surface area contributed by atoms with Crippen LogP contribution in [0.25, 0.3) is 17.2 Å². The maximum Gasteiger partial charge on any atom is 0.123 e. The van der Waals surface area contributed by atoms with Crippen LogP contribution in [0.15, 0.2) is 49.0 Å². The fourth-order valence-electron chi connectivity index (χ4n) is 3.51. The minimum absolute atomic E-state index is 0. The minimum atomic E-state index is 0. The molecular formula is C20H24ClNO. The Bertz CT molecular complexity index is 683. The van der Waals surface area contributed by atoms with Crippen molar-refractivity contribution in [2.45, 2.75) is 25.3 Å². The summed E-state index contributed by atoms with van der Waals surface area (Å²) in [6.07, 6.45) is 5.60. The Hall–Kier alpha value is -1.77. The summed E-state index contributed by atoms with van der Waals surface area (Å²) < 4.78 is 0. The van der Waals surface area contributed by atoms with E-state index in [-0.39, 0.29) is 12.4 Å². The van der Waals surface area contributed by atoms with E-state index in [1.54, 1.807) is 6.07 Å². The fourth-order valence-corrected chi connectivity index (χ4v) is 3.51. The standard InChI is InChI=1S/C20H23NO.ClH/c1-3-15-9-8-11-17(16-10-4-5-13-19(16)22)20(15)18-12-6-7-14-21(18)2;/h3-5,8-11,13,18,22H,1,6-7,12,14H2,2H3;1H. The molecule has 0 aliphatic carbocycles. The van der Waals surface area contributed by atoms with Crippen molar-refractivity contribution in [3.8, 4) is 16.9 Å². The molecule has 2 nitrogen and oxygen atoms in total. The summed E-state index contributed by atoms with van der Waals surface area (Å²) in [6, 6.07) is 14.2. The van der Waals surface area contributed by atoms with Gasteiger partial charge in [-0.15, -0.1) is 12.4 Å². The van der Waals surface area contributed by atoms with Crippen LogP contribution in [-0.2, 0) is 0 Å². The van der Waals surface area contributed by atoms with Gasteiger partial charge in [-0.1, -0.05) is 55.5 Å². The Labute approximate surface area is 144 Å². The molecule has 0 amide bonds. The zero-order valence-corrected chi connectivity index (χ0v) is 14.4. The Morgan fingerprint density at radius 3 is 2.52 bits per heavy atom. The van der Waals surface area contributed by atoms with Gasteiger partial charge in [-0.2, -0.15) is 0 Å². The number of nitrogens with zero attached hydrogens (tertiary/aromatic N) is 1. The summed E-state index contributed by atoms with van der Waals surface area (Å²) in [5.74, 6) is 0.337. The number of para-hydroxylation sites is 1. The van der Waals surface area contributed by atoms with Gasteiger partial charge in [-0.25, -0.2) is 0 Å². The van der Waals surface area contributed by atoms with E-state index >= 15 is 0 Å². The number of piperidine rings is 1. The number of phenolic OH excluding ortho intramolecular Hbond substituents is 1. The molecule has 1 heterocycles. The molecule has 0 radical (unpaired) electrons. The second kappa shape index (κ2) is 7.67. The van der Waals surface area contributed by atoms with Gasteiger partial charge in [0, 0.05) is 11.6 Å². The van der Waals surface area contributed by atoms with Gasteiger partial charge in [0.25, 0.3) is 0 Å². The Kier molecular flexibility index (Phi) is 5.86. The zero-order chi connectivity index (χ0) is 15.5. The predicted molar refractivity (Wildman–Crippen MR) is 100 cm³/mol. The Morgan fingerprint density at radius 1 is 1.09 bits per heavy atom. The van der Waals surface area contributed by atoms with Crippen molar-refractivity contribution in [3.63, 3.8) is 0 Å². The zero-order valence-electron chi connectivity index (χ0n) is 13.5. The van der Waals surface area contributed by atoms with Gasteiger partial charge in [0.1, 0.15) is 5.75 Å². The molecule has 1 atom stereocenters. The third-order valence-corrected chi connectivity index (χ3v) is 4.66. The highest BCUT2D eigenvalue weighted by Crippen LogP contribution is 2.41. The monoisotopic (exact) mass is 329 g/mol. The number of aromatic hydroxyl groups is 1. The van der Waals surface area contributed by atoms with Crippen molar-refractivity contribution in [1.29, 1.82) is 0 Å². The molecule has 1 aliphatic heterocycles. The summed E-state index contributed by atoms with van der Waals surface area (Å²) >= 11 is 0. The van der Waals surface area contributed by atoms with Crippen molar-refractivity contribution < 1.29 is 5.11 Å². The topological polar surface area (TPSA) is 23.5 Å². The van der Waals surface area contributed by atoms with Crippen LogP contribution in [0.4, 0.5) is 0 Å². The molecule has 122 valence electrons. The van der Waals surface area contributed by atoms with Gasteiger partial charge in [-0.05, 0) is 49.2 Å². The van der Waals surface area contributed by atoms with Crippen LogP contribution in [0.2, 0.25) is 0 Å². The molecule has 0 saturated carbocycles. The van der Waals surface area contributed by atoms with Crippen molar-refractivity contribution in [2.75, 3.05) is 13.6 Å². The average Bonchev–Trinajstić information content (AvgIpc) is 2.55. The van der Waals surface area contributed by atoms with Gasteiger partial charge in [-0.3, -0.25) is 4.90 Å². The molecule has 3 heteroatoms. The molecule has 1 fully saturated rings. The van der Waals surface area contributed by atoms with Gasteiger partial charge in [0.15, 0.2) is 0 Å². The number of benzene rings is 2. The van der Waals surface area contributed by atoms with Crippen LogP contribution in [0.5, 0.6) is 5.75 Å². The summed E-state index contributed by atoms with van der Waals surface area (Å²) in [5.41, 5.74) is 4.48. The first kappa shape index (κ1) is 17.6. The van der Waals surface area contributed by atoms with Gasteiger partial charge >= 0.3 is 0 Å². The van der Waals surface area contributed by atoms with E-state index in [1.165, 1.54) is 24.0 Å². The van der Waals surface area contributed by atoms with Crippen LogP contribution in [0.3, 0.4) is 0 Å². The van der Waals surface area contributed by atoms with E-state index < -0.39 is 0 Å². The van der Waals surface area contributed by atoms with E-state index in [1.807, 2.05) is 30.3 Å². The lowest BCUT2D eigenvalue weighted by molar-refractivity contribution is 0.187. The van der Waals surface area contributed by atoms with E-state index in [9.17, 15) is 5.11 Å². The molecule has 1 saturated heterocycles. The van der Waals surface area contributed by atoms with E-state index in [0.29, 0.717) is 11.8 Å². The molecule has 23 heavy (non-hydrogen) atoms. The maximum atomic E-state index is 10.3. The van der Waals surface area contributed by atoms with Gasteiger partial charge in [0.2, 0.25) is 0 Å². The lowest BCUT2D eigenvalue weighted by Gasteiger charge is -2.35. The van der Waals surface area contributed by atoms with Gasteiger partial charge < -0.3 is 5.11 Å². The number of likely N-dealkylation sites (tertiary alicyclic amines) is 1. The van der Waals surface area contributed by atoms with Crippen LogP contribution in [0.1, 0.15) is 36.4 Å². The molecule has 3 rings (SSSR count). The molecule has 2 aromatic rings. The number of halogens is 1. The second-order valence-electron chi connectivity index (χ2n) is 6.02. The number of phenols is 1. The SMILES string of the molecule is C=Cc1cccc(-c2ccccc2O)c1C1CCCCN1C.Cl. The van der Waals surface area contributed by atoms with Crippen molar-refractivity contribution in [2.24, 2.45) is 0 Å². The van der Waals surface area contributed by atoms with Crippen molar-refractivity contribution in [1.82, 2.24) is 4.90 Å². The van der Waals surface area contributed by atoms with E-state index in [0.717, 1.165) is 24.1 Å². The number of hydrogen-bond acceptors (Lipinski definition) is 2. The number of hydrogen-bond donors (Lipinski definition) is 1. The quantitative estimate of drug-likeness (QED) is 0.828. The Morgan fingerprint density at radius 2 is 1.83 bits per heavy atom. The average molecular weight is 330 g/mol. The summed E-state index contributed by atoms with van der Waals surface area (Å²) in [4.78, 5) is 2.43. The molecule has 2 aromatic carbocycles. The molecule has 0 aromatic heterocycles. The van der Waals surface area contributed by atoms with Crippen molar-refractivity contribution in [3.05, 3.63) is 60.2 Å². The van der Waals surface area contributed by atoms with Crippen LogP contribution < -0.4 is 0 Å². The molecule has 0 bridgehead atoms. The van der Waals surface area contributed by atoms with Crippen molar-refractivity contribution >= 4 is 18.5 Å². The summed E-state index contributed by atoms with van der Waals surface area (Å²) in [5, 5.41) is 10.3. The third kappa shape index (κ3) is 3.44. The Balaban J connectivity index is 0.00000192. The van der Waals surface area contributed by atoms with Crippen LogP contribution in [-0.4, -0.2) is 23.6 Å². The normalized spacial score (nSPS) is 18.2. The van der Waals surface area contributed by atoms with Crippen LogP contribution >= 0.6 is 12.4 Å². The first-order valence-corrected chi connectivity index (χ1v) is 7.96. The minimum Gasteiger partial charge on any atom is -0.507 e. The smallest absolute Gasteiger partial charge is 0.123 e. The summed E-state index contributed by atoms with van der Waals surface area (Å²) in [7, 11) is 2.19. The second-order valence-corrected chi connectivity index (χ2v) is 6.02. The fraction of sp³-hybridized carbons (Fsp3) is 0.300. The maximum absolute atomic E-state index is 10.3. The number of rotatable bonds is 3. The first-order valence-electron chi connectivity index (χ1n) is 7.96. The lowest BCUT2D eigenvalue weighted by atomic mass is 9.86.